The number of aromatic hydroxyl groups is 1. The van der Waals surface area contributed by atoms with Crippen LogP contribution in [0.3, 0.4) is 0 Å². The zero-order valence-corrected chi connectivity index (χ0v) is 13.3. The summed E-state index contributed by atoms with van der Waals surface area (Å²) in [6.45, 7) is 0.176. The predicted octanol–water partition coefficient (Wildman–Crippen LogP) is -1.60. The van der Waals surface area contributed by atoms with Gasteiger partial charge >= 0.3 is 0 Å². The van der Waals surface area contributed by atoms with Gasteiger partial charge in [0, 0.05) is 16.5 Å². The Morgan fingerprint density at radius 2 is 2.09 bits per heavy atom. The van der Waals surface area contributed by atoms with E-state index in [4.69, 9.17) is 5.73 Å². The quantitative estimate of drug-likeness (QED) is 0.307. The first-order chi connectivity index (χ1) is 10.5. The van der Waals surface area contributed by atoms with Crippen LogP contribution in [0.25, 0.3) is 10.8 Å². The lowest BCUT2D eigenvalue weighted by molar-refractivity contribution is -0.671. The molecule has 0 aliphatic carbocycles. The number of fused-ring (bicyclic) bond motifs is 1. The van der Waals surface area contributed by atoms with Crippen LogP contribution in [0.2, 0.25) is 0 Å². The fourth-order valence-corrected chi connectivity index (χ4v) is 2.42. The second-order valence-electron chi connectivity index (χ2n) is 5.20. The lowest BCUT2D eigenvalue weighted by Crippen LogP contribution is -3.00. The lowest BCUT2D eigenvalue weighted by atomic mass is 10.1. The SMILES string of the molecule is C[n+]1ccn(CC(=O)Nc2ccc3c(N)cccc3c2O)c1.[Cl-]. The van der Waals surface area contributed by atoms with Crippen molar-refractivity contribution in [1.82, 2.24) is 4.57 Å². The van der Waals surface area contributed by atoms with Crippen LogP contribution in [0.4, 0.5) is 11.4 Å². The number of phenolic OH excluding ortho intramolecular Hbond substituents is 1. The van der Waals surface area contributed by atoms with Crippen LogP contribution in [0, 0.1) is 0 Å². The molecule has 2 aromatic carbocycles. The Hall–Kier alpha value is -2.73. The number of carbonyl (C=O) groups is 1. The average Bonchev–Trinajstić information content (AvgIpc) is 2.88. The van der Waals surface area contributed by atoms with Gasteiger partial charge in [-0.25, -0.2) is 9.13 Å². The number of phenols is 1. The third-order valence-corrected chi connectivity index (χ3v) is 3.49. The number of nitrogens with one attached hydrogen (secondary N) is 1. The Morgan fingerprint density at radius 1 is 1.30 bits per heavy atom. The molecule has 0 saturated heterocycles. The molecule has 0 fully saturated rings. The van der Waals surface area contributed by atoms with Gasteiger partial charge in [0.25, 0.3) is 5.91 Å². The summed E-state index contributed by atoms with van der Waals surface area (Å²) < 4.78 is 3.61. The number of aryl methyl sites for hydroxylation is 1. The maximum absolute atomic E-state index is 12.1. The second kappa shape index (κ2) is 6.58. The van der Waals surface area contributed by atoms with E-state index in [0.717, 1.165) is 5.39 Å². The fourth-order valence-electron chi connectivity index (χ4n) is 2.42. The van der Waals surface area contributed by atoms with Crippen molar-refractivity contribution in [3.05, 3.63) is 49.1 Å². The number of imidazole rings is 1. The van der Waals surface area contributed by atoms with Crippen LogP contribution in [-0.4, -0.2) is 15.6 Å². The zero-order chi connectivity index (χ0) is 15.7. The normalized spacial score (nSPS) is 10.3. The first-order valence-corrected chi connectivity index (χ1v) is 6.85. The number of nitrogen functional groups attached to an aromatic ring is 1. The smallest absolute Gasteiger partial charge is 0.266 e. The maximum atomic E-state index is 12.1. The number of carbonyl (C=O) groups excluding carboxylic acids is 1. The summed E-state index contributed by atoms with van der Waals surface area (Å²) in [5, 5.41) is 14.4. The highest BCUT2D eigenvalue weighted by Gasteiger charge is 2.13. The highest BCUT2D eigenvalue weighted by atomic mass is 35.5. The summed E-state index contributed by atoms with van der Waals surface area (Å²) in [6, 6.07) is 8.74. The number of benzene rings is 2. The van der Waals surface area contributed by atoms with Crippen molar-refractivity contribution in [3.8, 4) is 5.75 Å². The molecule has 6 nitrogen and oxygen atoms in total. The van der Waals surface area contributed by atoms with Gasteiger partial charge in [-0.2, -0.15) is 0 Å². The van der Waals surface area contributed by atoms with Gasteiger partial charge in [0.2, 0.25) is 6.33 Å². The first kappa shape index (κ1) is 16.6. The van der Waals surface area contributed by atoms with Crippen LogP contribution < -0.4 is 28.0 Å². The van der Waals surface area contributed by atoms with Gasteiger partial charge in [-0.3, -0.25) is 4.79 Å². The summed E-state index contributed by atoms with van der Waals surface area (Å²) in [7, 11) is 1.88. The van der Waals surface area contributed by atoms with E-state index in [-0.39, 0.29) is 30.6 Å². The predicted molar refractivity (Wildman–Crippen MR) is 84.3 cm³/mol. The monoisotopic (exact) mass is 332 g/mol. The van der Waals surface area contributed by atoms with Crippen LogP contribution in [0.1, 0.15) is 0 Å². The molecule has 0 unspecified atom stereocenters. The number of rotatable bonds is 3. The number of nitrogens with two attached hydrogens (primary N) is 1. The van der Waals surface area contributed by atoms with Crippen molar-refractivity contribution in [2.24, 2.45) is 7.05 Å². The number of hydrogen-bond acceptors (Lipinski definition) is 3. The standard InChI is InChI=1S/C16H16N4O2.ClH/c1-19-7-8-20(10-19)9-15(21)18-14-6-5-11-12(16(14)22)3-2-4-13(11)17;/h2-8,10H,9,17H2,1H3,(H-,18,21,22);1H. The van der Waals surface area contributed by atoms with E-state index in [9.17, 15) is 9.90 Å². The van der Waals surface area contributed by atoms with Crippen molar-refractivity contribution >= 4 is 28.1 Å². The Morgan fingerprint density at radius 3 is 2.78 bits per heavy atom. The Labute approximate surface area is 139 Å². The molecule has 0 atom stereocenters. The van der Waals surface area contributed by atoms with Crippen LogP contribution in [0.5, 0.6) is 5.75 Å². The van der Waals surface area contributed by atoms with Gasteiger partial charge in [0.1, 0.15) is 18.1 Å². The van der Waals surface area contributed by atoms with E-state index in [1.165, 1.54) is 0 Å². The van der Waals surface area contributed by atoms with E-state index in [1.54, 1.807) is 47.4 Å². The van der Waals surface area contributed by atoms with Gasteiger partial charge in [-0.1, -0.05) is 12.1 Å². The van der Waals surface area contributed by atoms with E-state index < -0.39 is 0 Å². The molecule has 7 heteroatoms. The van der Waals surface area contributed by atoms with Gasteiger partial charge in [0.05, 0.1) is 12.7 Å². The number of halogens is 1. The highest BCUT2D eigenvalue weighted by molar-refractivity contribution is 6.03. The largest absolute Gasteiger partial charge is 1.00 e. The molecule has 0 aliphatic heterocycles. The van der Waals surface area contributed by atoms with Crippen molar-refractivity contribution in [1.29, 1.82) is 0 Å². The highest BCUT2D eigenvalue weighted by Crippen LogP contribution is 2.34. The molecule has 0 bridgehead atoms. The third kappa shape index (κ3) is 3.37. The van der Waals surface area contributed by atoms with Gasteiger partial charge in [-0.15, -0.1) is 0 Å². The molecule has 3 rings (SSSR count). The number of nitrogens with zero attached hydrogens (tertiary/aromatic N) is 2. The lowest BCUT2D eigenvalue weighted by Gasteiger charge is -2.10. The summed E-state index contributed by atoms with van der Waals surface area (Å²) in [5.41, 5.74) is 6.84. The van der Waals surface area contributed by atoms with Crippen LogP contribution >= 0.6 is 0 Å². The van der Waals surface area contributed by atoms with Crippen molar-refractivity contribution < 1.29 is 26.9 Å². The molecular weight excluding hydrogens is 316 g/mol. The van der Waals surface area contributed by atoms with E-state index in [1.807, 2.05) is 17.8 Å². The second-order valence-corrected chi connectivity index (χ2v) is 5.20. The Balaban J connectivity index is 0.00000192. The number of aromatic nitrogens is 2. The number of amides is 1. The molecule has 1 heterocycles. The minimum atomic E-state index is -0.213. The summed E-state index contributed by atoms with van der Waals surface area (Å²) in [5.74, 6) is -0.189. The Kier molecular flexibility index (Phi) is 4.76. The minimum Gasteiger partial charge on any atom is -1.00 e. The molecular formula is C16H17ClN4O2. The molecule has 1 aromatic heterocycles. The van der Waals surface area contributed by atoms with Gasteiger partial charge < -0.3 is 28.6 Å². The topological polar surface area (TPSA) is 84.2 Å². The van der Waals surface area contributed by atoms with E-state index >= 15 is 0 Å². The molecule has 23 heavy (non-hydrogen) atoms. The van der Waals surface area contributed by atoms with E-state index in [0.29, 0.717) is 16.8 Å². The van der Waals surface area contributed by atoms with Crippen LogP contribution in [-0.2, 0) is 18.4 Å². The van der Waals surface area contributed by atoms with Crippen molar-refractivity contribution in [2.75, 3.05) is 11.1 Å². The van der Waals surface area contributed by atoms with E-state index in [2.05, 4.69) is 5.32 Å². The summed E-state index contributed by atoms with van der Waals surface area (Å²) in [4.78, 5) is 12.1. The molecule has 0 aliphatic rings. The minimum absolute atomic E-state index is 0. The van der Waals surface area contributed by atoms with Crippen molar-refractivity contribution in [2.45, 2.75) is 6.54 Å². The molecule has 0 radical (unpaired) electrons. The average molecular weight is 333 g/mol. The molecule has 0 saturated carbocycles. The summed E-state index contributed by atoms with van der Waals surface area (Å²) in [6.07, 6.45) is 5.46. The number of anilines is 2. The molecule has 1 amide bonds. The van der Waals surface area contributed by atoms with Crippen LogP contribution in [0.15, 0.2) is 49.1 Å². The molecule has 0 spiro atoms. The summed E-state index contributed by atoms with van der Waals surface area (Å²) >= 11 is 0. The maximum Gasteiger partial charge on any atom is 0.266 e. The zero-order valence-electron chi connectivity index (χ0n) is 12.5. The molecule has 4 N–H and O–H groups in total. The third-order valence-electron chi connectivity index (χ3n) is 3.49. The van der Waals surface area contributed by atoms with Gasteiger partial charge in [-0.05, 0) is 18.2 Å². The molecule has 3 aromatic rings. The number of hydrogen-bond donors (Lipinski definition) is 3. The first-order valence-electron chi connectivity index (χ1n) is 6.85. The van der Waals surface area contributed by atoms with Gasteiger partial charge in [0.15, 0.2) is 6.54 Å². The Bertz CT molecular complexity index is 860. The van der Waals surface area contributed by atoms with Crippen molar-refractivity contribution in [3.63, 3.8) is 0 Å². The molecule has 120 valence electrons. The fraction of sp³-hybridized carbons (Fsp3) is 0.125.